The summed E-state index contributed by atoms with van der Waals surface area (Å²) in [4.78, 5) is 12.6. The maximum absolute atomic E-state index is 11.7. The van der Waals surface area contributed by atoms with Crippen LogP contribution in [0.2, 0.25) is 0 Å². The van der Waals surface area contributed by atoms with E-state index in [1.54, 1.807) is 0 Å². The van der Waals surface area contributed by atoms with Crippen molar-refractivity contribution in [3.63, 3.8) is 0 Å². The molecule has 0 aromatic carbocycles. The first-order chi connectivity index (χ1) is 5.79. The van der Waals surface area contributed by atoms with Gasteiger partial charge in [-0.2, -0.15) is 0 Å². The van der Waals surface area contributed by atoms with Crippen molar-refractivity contribution in [3.05, 3.63) is 20.8 Å². The fourth-order valence-corrected chi connectivity index (χ4v) is 2.91. The van der Waals surface area contributed by atoms with Crippen LogP contribution in [0, 0.1) is 5.92 Å². The van der Waals surface area contributed by atoms with E-state index in [4.69, 9.17) is 0 Å². The molecule has 1 fully saturated rings. The van der Waals surface area contributed by atoms with Gasteiger partial charge in [0.2, 0.25) is 0 Å². The molecule has 1 heterocycles. The lowest BCUT2D eigenvalue weighted by Gasteiger charge is -2.23. The summed E-state index contributed by atoms with van der Waals surface area (Å²) < 4.78 is 0.962. The molecular weight excluding hydrogens is 236 g/mol. The van der Waals surface area contributed by atoms with Crippen molar-refractivity contribution in [2.75, 3.05) is 0 Å². The van der Waals surface area contributed by atoms with Gasteiger partial charge < -0.3 is 0 Å². The fraction of sp³-hybridized carbons (Fsp3) is 0.444. The van der Waals surface area contributed by atoms with E-state index in [0.29, 0.717) is 11.7 Å². The topological polar surface area (TPSA) is 17.1 Å². The second-order valence-electron chi connectivity index (χ2n) is 3.09. The molecule has 64 valence electrons. The first kappa shape index (κ1) is 8.45. The molecule has 0 bridgehead atoms. The molecule has 3 heteroatoms. The van der Waals surface area contributed by atoms with Gasteiger partial charge in [-0.3, -0.25) is 4.79 Å². The Balaban J connectivity index is 2.19. The molecule has 1 aromatic heterocycles. The van der Waals surface area contributed by atoms with Crippen LogP contribution in [0.3, 0.4) is 0 Å². The number of hydrogen-bond donors (Lipinski definition) is 0. The molecule has 1 nitrogen and oxygen atoms in total. The highest BCUT2D eigenvalue weighted by Crippen LogP contribution is 2.34. The van der Waals surface area contributed by atoms with Crippen molar-refractivity contribution in [2.45, 2.75) is 19.3 Å². The zero-order valence-corrected chi connectivity index (χ0v) is 8.95. The summed E-state index contributed by atoms with van der Waals surface area (Å²) in [6.45, 7) is 0. The summed E-state index contributed by atoms with van der Waals surface area (Å²) in [5, 5.41) is 1.95. The lowest BCUT2D eigenvalue weighted by molar-refractivity contribution is 0.0859. The number of halogens is 1. The molecule has 1 aliphatic carbocycles. The fourth-order valence-electron chi connectivity index (χ4n) is 1.33. The summed E-state index contributed by atoms with van der Waals surface area (Å²) in [5.41, 5.74) is 0. The normalized spacial score (nSPS) is 17.4. The third-order valence-electron chi connectivity index (χ3n) is 2.32. The van der Waals surface area contributed by atoms with Crippen LogP contribution in [0.25, 0.3) is 0 Å². The van der Waals surface area contributed by atoms with Crippen molar-refractivity contribution in [3.8, 4) is 0 Å². The van der Waals surface area contributed by atoms with Gasteiger partial charge in [0, 0.05) is 10.4 Å². The molecule has 0 atom stereocenters. The average molecular weight is 245 g/mol. The maximum Gasteiger partial charge on any atom is 0.176 e. The van der Waals surface area contributed by atoms with E-state index in [9.17, 15) is 4.79 Å². The molecule has 0 unspecified atom stereocenters. The predicted octanol–water partition coefficient (Wildman–Crippen LogP) is 3.49. The minimum atomic E-state index is 0.319. The molecule has 1 aliphatic rings. The Morgan fingerprint density at radius 2 is 2.33 bits per heavy atom. The van der Waals surface area contributed by atoms with Crippen LogP contribution in [0.5, 0.6) is 0 Å². The molecular formula is C9H9BrOS. The highest BCUT2D eigenvalue weighted by molar-refractivity contribution is 9.10. The van der Waals surface area contributed by atoms with Gasteiger partial charge >= 0.3 is 0 Å². The van der Waals surface area contributed by atoms with Gasteiger partial charge in [-0.05, 0) is 40.2 Å². The second kappa shape index (κ2) is 3.30. The van der Waals surface area contributed by atoms with E-state index in [-0.39, 0.29) is 0 Å². The highest BCUT2D eigenvalue weighted by Gasteiger charge is 2.27. The van der Waals surface area contributed by atoms with Crippen LogP contribution in [0.15, 0.2) is 15.9 Å². The van der Waals surface area contributed by atoms with Gasteiger partial charge in [-0.15, -0.1) is 11.3 Å². The van der Waals surface area contributed by atoms with Crippen LogP contribution in [0.1, 0.15) is 28.9 Å². The molecule has 0 saturated heterocycles. The van der Waals surface area contributed by atoms with E-state index >= 15 is 0 Å². The minimum absolute atomic E-state index is 0.319. The molecule has 0 amide bonds. The van der Waals surface area contributed by atoms with Gasteiger partial charge in [0.1, 0.15) is 0 Å². The summed E-state index contributed by atoms with van der Waals surface area (Å²) in [5.74, 6) is 0.656. The SMILES string of the molecule is O=C(c1sccc1Br)C1CCC1. The third-order valence-corrected chi connectivity index (χ3v) is 4.17. The predicted molar refractivity (Wildman–Crippen MR) is 53.7 cm³/mol. The van der Waals surface area contributed by atoms with E-state index in [1.807, 2.05) is 11.4 Å². The second-order valence-corrected chi connectivity index (χ2v) is 4.86. The van der Waals surface area contributed by atoms with Crippen molar-refractivity contribution in [1.82, 2.24) is 0 Å². The first-order valence-electron chi connectivity index (χ1n) is 4.06. The number of carbonyl (C=O) groups excluding carboxylic acids is 1. The van der Waals surface area contributed by atoms with Crippen LogP contribution in [-0.4, -0.2) is 5.78 Å². The van der Waals surface area contributed by atoms with Crippen LogP contribution >= 0.6 is 27.3 Å². The van der Waals surface area contributed by atoms with Gasteiger partial charge in [0.15, 0.2) is 5.78 Å². The first-order valence-corrected chi connectivity index (χ1v) is 5.73. The molecule has 0 radical (unpaired) electrons. The Morgan fingerprint density at radius 3 is 2.75 bits per heavy atom. The van der Waals surface area contributed by atoms with Gasteiger partial charge in [0.25, 0.3) is 0 Å². The number of carbonyl (C=O) groups is 1. The maximum atomic E-state index is 11.7. The number of Topliss-reactive ketones (excluding diaryl/α,β-unsaturated/α-hetero) is 1. The summed E-state index contributed by atoms with van der Waals surface area (Å²) >= 11 is 4.92. The third kappa shape index (κ3) is 1.36. The van der Waals surface area contributed by atoms with Crippen molar-refractivity contribution >= 4 is 33.0 Å². The average Bonchev–Trinajstić information content (AvgIpc) is 2.31. The van der Waals surface area contributed by atoms with E-state index in [1.165, 1.54) is 17.8 Å². The molecule has 12 heavy (non-hydrogen) atoms. The molecule has 2 rings (SSSR count). The smallest absolute Gasteiger partial charge is 0.176 e. The van der Waals surface area contributed by atoms with Crippen LogP contribution in [-0.2, 0) is 0 Å². The van der Waals surface area contributed by atoms with Gasteiger partial charge in [-0.25, -0.2) is 0 Å². The van der Waals surface area contributed by atoms with Crippen molar-refractivity contribution < 1.29 is 4.79 Å². The number of ketones is 1. The molecule has 0 spiro atoms. The Bertz CT molecular complexity index is 301. The molecule has 1 saturated carbocycles. The zero-order chi connectivity index (χ0) is 8.55. The largest absolute Gasteiger partial charge is 0.293 e. The number of thiophene rings is 1. The highest BCUT2D eigenvalue weighted by atomic mass is 79.9. The van der Waals surface area contributed by atoms with Gasteiger partial charge in [0.05, 0.1) is 4.88 Å². The Labute approximate surface area is 83.9 Å². The van der Waals surface area contributed by atoms with Crippen LogP contribution in [0.4, 0.5) is 0 Å². The van der Waals surface area contributed by atoms with Crippen LogP contribution < -0.4 is 0 Å². The Morgan fingerprint density at radius 1 is 1.58 bits per heavy atom. The zero-order valence-electron chi connectivity index (χ0n) is 6.55. The lowest BCUT2D eigenvalue weighted by Crippen LogP contribution is -2.21. The quantitative estimate of drug-likeness (QED) is 0.729. The minimum Gasteiger partial charge on any atom is -0.293 e. The van der Waals surface area contributed by atoms with Crippen molar-refractivity contribution in [1.29, 1.82) is 0 Å². The molecule has 0 aliphatic heterocycles. The summed E-state index contributed by atoms with van der Waals surface area (Å²) in [6, 6.07) is 1.94. The molecule has 1 aromatic rings. The molecule has 0 N–H and O–H groups in total. The van der Waals surface area contributed by atoms with Crippen molar-refractivity contribution in [2.24, 2.45) is 5.92 Å². The summed E-state index contributed by atoms with van der Waals surface area (Å²) in [7, 11) is 0. The summed E-state index contributed by atoms with van der Waals surface area (Å²) in [6.07, 6.45) is 3.39. The Hall–Kier alpha value is -0.150. The van der Waals surface area contributed by atoms with E-state index in [2.05, 4.69) is 15.9 Å². The van der Waals surface area contributed by atoms with E-state index < -0.39 is 0 Å². The lowest BCUT2D eigenvalue weighted by atomic mass is 9.82. The Kier molecular flexibility index (Phi) is 2.33. The van der Waals surface area contributed by atoms with E-state index in [0.717, 1.165) is 22.2 Å². The number of hydrogen-bond acceptors (Lipinski definition) is 2. The number of rotatable bonds is 2. The van der Waals surface area contributed by atoms with Gasteiger partial charge in [-0.1, -0.05) is 6.42 Å². The monoisotopic (exact) mass is 244 g/mol. The standard InChI is InChI=1S/C9H9BrOS/c10-7-4-5-12-9(7)8(11)6-2-1-3-6/h4-6H,1-3H2.